The number of amides is 2. The molecule has 1 aliphatic heterocycles. The van der Waals surface area contributed by atoms with E-state index in [0.717, 1.165) is 24.8 Å². The minimum absolute atomic E-state index is 0.0220. The fourth-order valence-electron chi connectivity index (χ4n) is 7.88. The van der Waals surface area contributed by atoms with Crippen molar-refractivity contribution in [2.45, 2.75) is 114 Å². The molecule has 0 spiro atoms. The van der Waals surface area contributed by atoms with E-state index in [4.69, 9.17) is 19.6 Å². The number of hydrogen-bond acceptors (Lipinski definition) is 9. The van der Waals surface area contributed by atoms with Crippen molar-refractivity contribution in [1.82, 2.24) is 15.2 Å². The number of aryl methyl sites for hydroxylation is 1. The molecule has 2 heterocycles. The first-order chi connectivity index (χ1) is 25.9. The molecular weight excluding hydrogens is 672 g/mol. The first kappa shape index (κ1) is 38.6. The molecule has 0 radical (unpaired) electrons. The number of unbranched alkanes of at least 4 members (excludes halogenated alkanes) is 1. The van der Waals surface area contributed by atoms with Crippen LogP contribution in [-0.2, 0) is 25.5 Å². The van der Waals surface area contributed by atoms with Crippen molar-refractivity contribution < 1.29 is 33.1 Å². The normalized spacial score (nSPS) is 20.3. The third-order valence-corrected chi connectivity index (χ3v) is 11.2. The number of carbonyl (C=O) groups is 4. The van der Waals surface area contributed by atoms with Gasteiger partial charge >= 0.3 is 6.09 Å². The number of Topliss-reactive ketones (excluding diaryl/α,β-unsaturated/α-hetero) is 2. The van der Waals surface area contributed by atoms with Crippen molar-refractivity contribution in [2.75, 3.05) is 26.3 Å². The highest BCUT2D eigenvalue weighted by Crippen LogP contribution is 2.31. The number of nitrogens with one attached hydrogen (secondary N) is 1. The van der Waals surface area contributed by atoms with E-state index in [0.29, 0.717) is 87.8 Å². The summed E-state index contributed by atoms with van der Waals surface area (Å²) < 4.78 is 17.8. The van der Waals surface area contributed by atoms with Crippen molar-refractivity contribution in [3.05, 3.63) is 66.1 Å². The van der Waals surface area contributed by atoms with Crippen LogP contribution in [-0.4, -0.2) is 77.9 Å². The second-order valence-electron chi connectivity index (χ2n) is 15.2. The van der Waals surface area contributed by atoms with Crippen LogP contribution in [0.4, 0.5) is 4.79 Å². The number of nitrogens with zero attached hydrogens (tertiary/aromatic N) is 2. The van der Waals surface area contributed by atoms with Crippen LogP contribution in [0, 0.1) is 17.8 Å². The molecule has 2 saturated carbocycles. The number of carbonyl (C=O) groups excluding carboxylic acids is 4. The Labute approximate surface area is 312 Å². The SMILES string of the molecule is NCCCC[C@H](CC(=O)[C@@H]1[C@@H](OCCC2CCCCC2)CCN1C(=O)[C@@H](CCc1ccccc1)NC(=O)OCC1CC1)C(=O)c1nc2ccccc2o1. The van der Waals surface area contributed by atoms with E-state index < -0.39 is 30.2 Å². The van der Waals surface area contributed by atoms with Crippen LogP contribution in [0.5, 0.6) is 0 Å². The zero-order valence-corrected chi connectivity index (χ0v) is 30.9. The van der Waals surface area contributed by atoms with Crippen LogP contribution in [0.3, 0.4) is 0 Å². The minimum Gasteiger partial charge on any atom is -0.449 e. The quantitative estimate of drug-likeness (QED) is 0.0944. The number of ether oxygens (including phenoxy) is 2. The van der Waals surface area contributed by atoms with E-state index >= 15 is 0 Å². The van der Waals surface area contributed by atoms with Gasteiger partial charge in [0.15, 0.2) is 11.4 Å². The maximum atomic E-state index is 14.6. The fraction of sp³-hybridized carbons (Fsp3) is 0.595. The third kappa shape index (κ3) is 11.0. The maximum absolute atomic E-state index is 14.6. The number of alkyl carbamates (subject to hydrolysis) is 1. The summed E-state index contributed by atoms with van der Waals surface area (Å²) in [5.41, 5.74) is 7.92. The van der Waals surface area contributed by atoms with Gasteiger partial charge in [-0.05, 0) is 87.4 Å². The number of likely N-dealkylation sites (tertiary alicyclic amines) is 1. The Morgan fingerprint density at radius 3 is 2.43 bits per heavy atom. The molecule has 2 aliphatic carbocycles. The topological polar surface area (TPSA) is 154 Å². The molecule has 286 valence electrons. The van der Waals surface area contributed by atoms with Gasteiger partial charge in [0.2, 0.25) is 11.7 Å². The van der Waals surface area contributed by atoms with Crippen molar-refractivity contribution >= 4 is 34.7 Å². The number of rotatable bonds is 20. The van der Waals surface area contributed by atoms with Crippen LogP contribution in [0.2, 0.25) is 0 Å². The second kappa shape index (κ2) is 19.3. The lowest BCUT2D eigenvalue weighted by molar-refractivity contribution is -0.142. The summed E-state index contributed by atoms with van der Waals surface area (Å²) >= 11 is 0. The monoisotopic (exact) mass is 728 g/mol. The summed E-state index contributed by atoms with van der Waals surface area (Å²) in [5.74, 6) is -0.659. The number of nitrogens with two attached hydrogens (primary N) is 1. The number of para-hydroxylation sites is 2. The van der Waals surface area contributed by atoms with Crippen LogP contribution >= 0.6 is 0 Å². The molecule has 11 nitrogen and oxygen atoms in total. The van der Waals surface area contributed by atoms with Crippen LogP contribution in [0.15, 0.2) is 59.0 Å². The molecule has 11 heteroatoms. The molecule has 1 aromatic heterocycles. The molecule has 2 aromatic carbocycles. The Morgan fingerprint density at radius 1 is 0.906 bits per heavy atom. The van der Waals surface area contributed by atoms with E-state index in [9.17, 15) is 19.2 Å². The van der Waals surface area contributed by atoms with Crippen LogP contribution < -0.4 is 11.1 Å². The van der Waals surface area contributed by atoms with Crippen LogP contribution in [0.1, 0.15) is 106 Å². The van der Waals surface area contributed by atoms with Crippen LogP contribution in [0.25, 0.3) is 11.1 Å². The van der Waals surface area contributed by atoms with E-state index in [2.05, 4.69) is 10.3 Å². The van der Waals surface area contributed by atoms with Gasteiger partial charge in [0.1, 0.15) is 17.6 Å². The molecule has 6 rings (SSSR count). The number of oxazole rings is 1. The van der Waals surface area contributed by atoms with Gasteiger partial charge in [0, 0.05) is 25.5 Å². The highest BCUT2D eigenvalue weighted by atomic mass is 16.5. The van der Waals surface area contributed by atoms with Gasteiger partial charge in [-0.1, -0.05) is 81.0 Å². The Kier molecular flexibility index (Phi) is 14.1. The van der Waals surface area contributed by atoms with Gasteiger partial charge in [-0.2, -0.15) is 0 Å². The van der Waals surface area contributed by atoms with E-state index in [1.165, 1.54) is 32.1 Å². The lowest BCUT2D eigenvalue weighted by atomic mass is 9.87. The Bertz CT molecular complexity index is 1620. The van der Waals surface area contributed by atoms with E-state index in [1.54, 1.807) is 17.0 Å². The number of ketones is 2. The van der Waals surface area contributed by atoms with E-state index in [-0.39, 0.29) is 29.8 Å². The highest BCUT2D eigenvalue weighted by Gasteiger charge is 2.45. The van der Waals surface area contributed by atoms with Gasteiger partial charge in [-0.25, -0.2) is 9.78 Å². The molecule has 0 bridgehead atoms. The molecule has 1 saturated heterocycles. The molecule has 2 amide bonds. The summed E-state index contributed by atoms with van der Waals surface area (Å²) in [6, 6.07) is 15.2. The molecule has 0 unspecified atom stereocenters. The Hall–Kier alpha value is -4.09. The molecule has 53 heavy (non-hydrogen) atoms. The lowest BCUT2D eigenvalue weighted by Crippen LogP contribution is -2.54. The number of aromatic nitrogens is 1. The highest BCUT2D eigenvalue weighted by molar-refractivity contribution is 6.00. The lowest BCUT2D eigenvalue weighted by Gasteiger charge is -2.31. The van der Waals surface area contributed by atoms with E-state index in [1.807, 2.05) is 42.5 Å². The smallest absolute Gasteiger partial charge is 0.407 e. The number of benzene rings is 2. The Morgan fingerprint density at radius 2 is 1.68 bits per heavy atom. The number of fused-ring (bicyclic) bond motifs is 1. The van der Waals surface area contributed by atoms with Crippen molar-refractivity contribution in [1.29, 1.82) is 0 Å². The zero-order valence-electron chi connectivity index (χ0n) is 30.9. The second-order valence-corrected chi connectivity index (χ2v) is 15.2. The van der Waals surface area contributed by atoms with Gasteiger partial charge < -0.3 is 29.8 Å². The van der Waals surface area contributed by atoms with Gasteiger partial charge in [0.25, 0.3) is 5.89 Å². The summed E-state index contributed by atoms with van der Waals surface area (Å²) in [6.45, 7) is 1.61. The summed E-state index contributed by atoms with van der Waals surface area (Å²) in [5, 5.41) is 2.84. The fourth-order valence-corrected chi connectivity index (χ4v) is 7.88. The average Bonchev–Trinajstić information content (AvgIpc) is 3.76. The molecule has 4 atom stereocenters. The zero-order chi connectivity index (χ0) is 37.0. The first-order valence-electron chi connectivity index (χ1n) is 19.9. The summed E-state index contributed by atoms with van der Waals surface area (Å²) in [6.07, 6.45) is 11.0. The third-order valence-electron chi connectivity index (χ3n) is 11.2. The predicted molar refractivity (Wildman–Crippen MR) is 201 cm³/mol. The van der Waals surface area contributed by atoms with Gasteiger partial charge in [-0.15, -0.1) is 0 Å². The van der Waals surface area contributed by atoms with Crippen molar-refractivity contribution in [3.63, 3.8) is 0 Å². The molecular formula is C42H56N4O7. The van der Waals surface area contributed by atoms with Gasteiger partial charge in [-0.3, -0.25) is 14.4 Å². The number of hydrogen-bond donors (Lipinski definition) is 2. The maximum Gasteiger partial charge on any atom is 0.407 e. The van der Waals surface area contributed by atoms with Crippen molar-refractivity contribution in [3.8, 4) is 0 Å². The van der Waals surface area contributed by atoms with Gasteiger partial charge in [0.05, 0.1) is 12.7 Å². The Balaban J connectivity index is 1.21. The summed E-state index contributed by atoms with van der Waals surface area (Å²) in [4.78, 5) is 62.1. The molecule has 3 aromatic rings. The molecule has 3 fully saturated rings. The average molecular weight is 729 g/mol. The predicted octanol–water partition coefficient (Wildman–Crippen LogP) is 6.81. The largest absolute Gasteiger partial charge is 0.449 e. The molecule has 3 N–H and O–H groups in total. The summed E-state index contributed by atoms with van der Waals surface area (Å²) in [7, 11) is 0. The van der Waals surface area contributed by atoms with Crippen molar-refractivity contribution in [2.24, 2.45) is 23.5 Å². The molecule has 3 aliphatic rings. The standard InChI is InChI=1S/C42H56N4O7/c43-24-10-9-15-32(39(48)40-44-33-16-7-8-17-36(33)53-40)27-35(47)38-37(51-26-23-30-13-5-2-6-14-30)22-25-46(38)41(49)34(21-20-29-11-3-1-4-12-29)45-42(50)52-28-31-18-19-31/h1,3-4,7-8,11-12,16-17,30-32,34,37-38H,2,5-6,9-10,13-15,18-28,43H2,(H,45,50)/t32-,34-,37+,38-/m1/s1. The minimum atomic E-state index is -0.903. The first-order valence-corrected chi connectivity index (χ1v) is 19.9.